The first kappa shape index (κ1) is 15.2. The summed E-state index contributed by atoms with van der Waals surface area (Å²) < 4.78 is 1.65. The van der Waals surface area contributed by atoms with Gasteiger partial charge in [0.25, 0.3) is 0 Å². The highest BCUT2D eigenvalue weighted by atomic mass is 16.3. The third-order valence-electron chi connectivity index (χ3n) is 3.72. The predicted molar refractivity (Wildman–Crippen MR) is 84.6 cm³/mol. The van der Waals surface area contributed by atoms with E-state index in [-0.39, 0.29) is 18.9 Å². The fourth-order valence-corrected chi connectivity index (χ4v) is 2.55. The Bertz CT molecular complexity index is 783. The van der Waals surface area contributed by atoms with Crippen LogP contribution in [-0.2, 0) is 4.79 Å². The number of imide groups is 1. The fourth-order valence-electron chi connectivity index (χ4n) is 2.55. The number of amides is 3. The lowest BCUT2D eigenvalue weighted by Gasteiger charge is -2.32. The molecule has 2 aromatic rings. The molecule has 3 N–H and O–H groups in total. The van der Waals surface area contributed by atoms with Crippen LogP contribution in [0.2, 0.25) is 0 Å². The summed E-state index contributed by atoms with van der Waals surface area (Å²) in [5, 5.41) is 13.4. The lowest BCUT2D eigenvalue weighted by molar-refractivity contribution is -0.131. The molecule has 0 atom stereocenters. The topological polar surface area (TPSA) is 104 Å². The summed E-state index contributed by atoms with van der Waals surface area (Å²) in [6.07, 6.45) is 7.25. The molecule has 0 bridgehead atoms. The highest BCUT2D eigenvalue weighted by Crippen LogP contribution is 2.26. The van der Waals surface area contributed by atoms with Crippen molar-refractivity contribution in [2.45, 2.75) is 6.42 Å². The number of hydrogen-bond donors (Lipinski definition) is 2. The Morgan fingerprint density at radius 1 is 1.39 bits per heavy atom. The number of carbonyl (C=O) groups excluding carboxylic acids is 2. The molecule has 0 aromatic carbocycles. The number of fused-ring (bicyclic) bond motifs is 1. The predicted octanol–water partition coefficient (Wildman–Crippen LogP) is 0.415. The second kappa shape index (κ2) is 6.19. The van der Waals surface area contributed by atoms with E-state index in [9.17, 15) is 14.7 Å². The van der Waals surface area contributed by atoms with Crippen molar-refractivity contribution in [2.75, 3.05) is 24.7 Å². The average molecular weight is 315 g/mol. The van der Waals surface area contributed by atoms with E-state index < -0.39 is 12.8 Å². The highest BCUT2D eigenvalue weighted by molar-refractivity contribution is 6.07. The van der Waals surface area contributed by atoms with E-state index in [4.69, 9.17) is 5.73 Å². The maximum atomic E-state index is 12.4. The molecule has 23 heavy (non-hydrogen) atoms. The molecule has 0 radical (unpaired) electrons. The second-order valence-corrected chi connectivity index (χ2v) is 5.11. The number of urea groups is 1. The molecule has 3 rings (SSSR count). The quantitative estimate of drug-likeness (QED) is 0.850. The van der Waals surface area contributed by atoms with Crippen LogP contribution in [-0.4, -0.2) is 51.4 Å². The van der Waals surface area contributed by atoms with E-state index in [1.165, 1.54) is 4.90 Å². The Morgan fingerprint density at radius 3 is 2.96 bits per heavy atom. The summed E-state index contributed by atoms with van der Waals surface area (Å²) in [6.45, 7) is 0.0751. The number of anilines is 1. The lowest BCUT2D eigenvalue weighted by Crippen LogP contribution is -2.52. The van der Waals surface area contributed by atoms with Gasteiger partial charge in [-0.3, -0.25) is 9.69 Å². The zero-order valence-corrected chi connectivity index (χ0v) is 12.4. The molecule has 3 amide bonds. The number of aliphatic hydroxyl groups excluding tert-OH is 1. The Morgan fingerprint density at radius 2 is 2.22 bits per heavy atom. The van der Waals surface area contributed by atoms with Crippen LogP contribution < -0.4 is 10.6 Å². The molecule has 3 heterocycles. The molecule has 1 aliphatic rings. The second-order valence-electron chi connectivity index (χ2n) is 5.11. The number of aliphatic hydroxyl groups is 1. The molecule has 1 saturated heterocycles. The number of nitrogens with zero attached hydrogens (tertiary/aromatic N) is 4. The van der Waals surface area contributed by atoms with Gasteiger partial charge in [-0.2, -0.15) is 5.10 Å². The summed E-state index contributed by atoms with van der Waals surface area (Å²) in [5.74, 6) is -0.378. The van der Waals surface area contributed by atoms with Crippen molar-refractivity contribution in [3.05, 3.63) is 36.2 Å². The SMILES string of the molecule is NC/C=C/c1ccn2ncc(N3CCC(=O)N(CO)C3=O)c2c1. The molecule has 8 nitrogen and oxygen atoms in total. The number of pyridine rings is 1. The standard InChI is InChI=1S/C15H17N5O3/c16-5-1-2-11-3-7-20-12(8-11)13(9-17-20)18-6-4-14(22)19(10-21)15(18)23/h1-3,7-9,21H,4-6,10,16H2/b2-1+. The number of nitrogens with two attached hydrogens (primary N) is 1. The normalized spacial score (nSPS) is 16.1. The first-order chi connectivity index (χ1) is 11.2. The minimum atomic E-state index is -0.627. The third-order valence-corrected chi connectivity index (χ3v) is 3.72. The smallest absolute Gasteiger partial charge is 0.333 e. The van der Waals surface area contributed by atoms with Gasteiger partial charge in [-0.1, -0.05) is 12.2 Å². The molecule has 0 spiro atoms. The summed E-state index contributed by atoms with van der Waals surface area (Å²) in [5.41, 5.74) is 7.74. The van der Waals surface area contributed by atoms with Crippen LogP contribution in [0, 0.1) is 0 Å². The number of carbonyl (C=O) groups is 2. The van der Waals surface area contributed by atoms with Crippen LogP contribution in [0.25, 0.3) is 11.6 Å². The van der Waals surface area contributed by atoms with E-state index in [2.05, 4.69) is 5.10 Å². The van der Waals surface area contributed by atoms with E-state index in [1.807, 2.05) is 24.3 Å². The Kier molecular flexibility index (Phi) is 4.09. The van der Waals surface area contributed by atoms with Crippen molar-refractivity contribution in [3.8, 4) is 0 Å². The summed E-state index contributed by atoms with van der Waals surface area (Å²) >= 11 is 0. The van der Waals surface area contributed by atoms with E-state index in [0.717, 1.165) is 16.0 Å². The van der Waals surface area contributed by atoms with Crippen molar-refractivity contribution in [3.63, 3.8) is 0 Å². The van der Waals surface area contributed by atoms with Crippen LogP contribution in [0.1, 0.15) is 12.0 Å². The molecule has 2 aromatic heterocycles. The van der Waals surface area contributed by atoms with Crippen LogP contribution in [0.4, 0.5) is 10.5 Å². The van der Waals surface area contributed by atoms with Crippen molar-refractivity contribution in [1.29, 1.82) is 0 Å². The van der Waals surface area contributed by atoms with Crippen LogP contribution >= 0.6 is 0 Å². The van der Waals surface area contributed by atoms with Gasteiger partial charge in [0.2, 0.25) is 5.91 Å². The average Bonchev–Trinajstić information content (AvgIpc) is 2.96. The maximum Gasteiger partial charge on any atom is 0.333 e. The molecule has 8 heteroatoms. The van der Waals surface area contributed by atoms with Crippen molar-refractivity contribution in [2.24, 2.45) is 5.73 Å². The van der Waals surface area contributed by atoms with Gasteiger partial charge in [0.1, 0.15) is 6.73 Å². The molecule has 0 aliphatic carbocycles. The summed E-state index contributed by atoms with van der Waals surface area (Å²) in [4.78, 5) is 26.3. The van der Waals surface area contributed by atoms with E-state index >= 15 is 0 Å². The number of hydrogen-bond acceptors (Lipinski definition) is 5. The van der Waals surface area contributed by atoms with Gasteiger partial charge in [-0.15, -0.1) is 0 Å². The molecule has 0 saturated carbocycles. The lowest BCUT2D eigenvalue weighted by atomic mass is 10.2. The van der Waals surface area contributed by atoms with Gasteiger partial charge in [0.15, 0.2) is 0 Å². The van der Waals surface area contributed by atoms with Gasteiger partial charge in [0, 0.05) is 25.7 Å². The van der Waals surface area contributed by atoms with Crippen LogP contribution in [0.15, 0.2) is 30.6 Å². The molecule has 120 valence electrons. The minimum Gasteiger partial charge on any atom is -0.376 e. The molecule has 1 aliphatic heterocycles. The Hall–Kier alpha value is -2.71. The molecule has 0 unspecified atom stereocenters. The molecule has 1 fully saturated rings. The molecular weight excluding hydrogens is 298 g/mol. The largest absolute Gasteiger partial charge is 0.376 e. The maximum absolute atomic E-state index is 12.4. The van der Waals surface area contributed by atoms with Gasteiger partial charge in [-0.05, 0) is 17.7 Å². The first-order valence-corrected chi connectivity index (χ1v) is 7.22. The molecular formula is C15H17N5O3. The van der Waals surface area contributed by atoms with Crippen LogP contribution in [0.5, 0.6) is 0 Å². The monoisotopic (exact) mass is 315 g/mol. The van der Waals surface area contributed by atoms with Crippen molar-refractivity contribution in [1.82, 2.24) is 14.5 Å². The van der Waals surface area contributed by atoms with Crippen molar-refractivity contribution < 1.29 is 14.7 Å². The zero-order chi connectivity index (χ0) is 16.4. The summed E-state index contributed by atoms with van der Waals surface area (Å²) in [7, 11) is 0. The van der Waals surface area contributed by atoms with Crippen molar-refractivity contribution >= 4 is 29.2 Å². The zero-order valence-electron chi connectivity index (χ0n) is 12.4. The van der Waals surface area contributed by atoms with E-state index in [1.54, 1.807) is 16.9 Å². The number of aromatic nitrogens is 2. The summed E-state index contributed by atoms with van der Waals surface area (Å²) in [6, 6.07) is 3.24. The van der Waals surface area contributed by atoms with Gasteiger partial charge < -0.3 is 10.8 Å². The first-order valence-electron chi connectivity index (χ1n) is 7.22. The third kappa shape index (κ3) is 2.69. The highest BCUT2D eigenvalue weighted by Gasteiger charge is 2.33. The minimum absolute atomic E-state index is 0.163. The van der Waals surface area contributed by atoms with Gasteiger partial charge in [-0.25, -0.2) is 14.2 Å². The van der Waals surface area contributed by atoms with Gasteiger partial charge >= 0.3 is 6.03 Å². The van der Waals surface area contributed by atoms with Crippen LogP contribution in [0.3, 0.4) is 0 Å². The van der Waals surface area contributed by atoms with E-state index in [0.29, 0.717) is 12.2 Å². The fraction of sp³-hybridized carbons (Fsp3) is 0.267. The Labute approximate surface area is 132 Å². The van der Waals surface area contributed by atoms with Gasteiger partial charge in [0.05, 0.1) is 17.4 Å². The number of rotatable bonds is 4. The Balaban J connectivity index is 2.00.